The summed E-state index contributed by atoms with van der Waals surface area (Å²) in [6.45, 7) is 2.24. The summed E-state index contributed by atoms with van der Waals surface area (Å²) in [7, 11) is 0. The van der Waals surface area contributed by atoms with Crippen molar-refractivity contribution in [3.63, 3.8) is 0 Å². The van der Waals surface area contributed by atoms with Gasteiger partial charge in [-0.15, -0.1) is 0 Å². The molecule has 1 aliphatic carbocycles. The summed E-state index contributed by atoms with van der Waals surface area (Å²) in [4.78, 5) is 0. The fourth-order valence-electron chi connectivity index (χ4n) is 1.08. The van der Waals surface area contributed by atoms with Crippen LogP contribution in [-0.4, -0.2) is 18.9 Å². The van der Waals surface area contributed by atoms with Gasteiger partial charge in [-0.3, -0.25) is 0 Å². The Hall–Kier alpha value is 0.0774. The average molecular weight is 130 g/mol. The molecule has 0 saturated carbocycles. The van der Waals surface area contributed by atoms with Crippen molar-refractivity contribution in [2.75, 3.05) is 0 Å². The molecule has 0 saturated heterocycles. The predicted octanol–water partition coefficient (Wildman–Crippen LogP) is 2.41. The minimum absolute atomic E-state index is 0. The maximum atomic E-state index is 2.25. The Morgan fingerprint density at radius 1 is 1.50 bits per heavy atom. The third kappa shape index (κ3) is 3.30. The molecule has 0 fully saturated rings. The van der Waals surface area contributed by atoms with Crippen LogP contribution < -0.4 is 0 Å². The minimum atomic E-state index is 0. The Labute approximate surface area is 75.6 Å². The van der Waals surface area contributed by atoms with Gasteiger partial charge in [0.05, 0.1) is 0 Å². The SMILES string of the molecule is CCCCC1=CC=CC1.[LiH]. The van der Waals surface area contributed by atoms with E-state index in [2.05, 4.69) is 25.2 Å². The van der Waals surface area contributed by atoms with Gasteiger partial charge >= 0.3 is 18.9 Å². The van der Waals surface area contributed by atoms with E-state index in [0.717, 1.165) is 0 Å². The third-order valence-electron chi connectivity index (χ3n) is 1.70. The first kappa shape index (κ1) is 10.1. The van der Waals surface area contributed by atoms with Crippen molar-refractivity contribution in [2.24, 2.45) is 0 Å². The first-order chi connectivity index (χ1) is 4.43. The second-order valence-corrected chi connectivity index (χ2v) is 2.56. The molecule has 0 aromatic heterocycles. The van der Waals surface area contributed by atoms with E-state index in [1.165, 1.54) is 25.7 Å². The summed E-state index contributed by atoms with van der Waals surface area (Å²) >= 11 is 0. The first-order valence-corrected chi connectivity index (χ1v) is 3.78. The molecule has 52 valence electrons. The summed E-state index contributed by atoms with van der Waals surface area (Å²) in [5, 5.41) is 0. The molecule has 0 N–H and O–H groups in total. The van der Waals surface area contributed by atoms with Gasteiger partial charge < -0.3 is 0 Å². The number of rotatable bonds is 3. The van der Waals surface area contributed by atoms with Crippen LogP contribution in [0.5, 0.6) is 0 Å². The maximum absolute atomic E-state index is 2.25. The zero-order valence-corrected chi connectivity index (χ0v) is 6.06. The van der Waals surface area contributed by atoms with Gasteiger partial charge in [0, 0.05) is 0 Å². The normalized spacial score (nSPS) is 14.7. The van der Waals surface area contributed by atoms with Crippen LogP contribution in [0.2, 0.25) is 0 Å². The number of hydrogen-bond acceptors (Lipinski definition) is 0. The molecular formula is C9H15Li. The van der Waals surface area contributed by atoms with Crippen LogP contribution in [0.15, 0.2) is 23.8 Å². The van der Waals surface area contributed by atoms with Crippen molar-refractivity contribution in [3.05, 3.63) is 23.8 Å². The molecule has 0 spiro atoms. The molecule has 1 rings (SSSR count). The third-order valence-corrected chi connectivity index (χ3v) is 1.70. The molecule has 0 amide bonds. The molecule has 0 aromatic carbocycles. The van der Waals surface area contributed by atoms with E-state index >= 15 is 0 Å². The van der Waals surface area contributed by atoms with E-state index in [4.69, 9.17) is 0 Å². The van der Waals surface area contributed by atoms with Crippen molar-refractivity contribution in [2.45, 2.75) is 32.6 Å². The van der Waals surface area contributed by atoms with Crippen molar-refractivity contribution < 1.29 is 0 Å². The van der Waals surface area contributed by atoms with Crippen molar-refractivity contribution in [1.29, 1.82) is 0 Å². The van der Waals surface area contributed by atoms with Gasteiger partial charge in [0.15, 0.2) is 0 Å². The van der Waals surface area contributed by atoms with E-state index < -0.39 is 0 Å². The molecule has 0 atom stereocenters. The fourth-order valence-corrected chi connectivity index (χ4v) is 1.08. The van der Waals surface area contributed by atoms with Gasteiger partial charge in [0.1, 0.15) is 0 Å². The van der Waals surface area contributed by atoms with E-state index in [-0.39, 0.29) is 18.9 Å². The number of unbranched alkanes of at least 4 members (excludes halogenated alkanes) is 1. The van der Waals surface area contributed by atoms with E-state index in [9.17, 15) is 0 Å². The molecule has 0 aromatic rings. The second-order valence-electron chi connectivity index (χ2n) is 2.56. The van der Waals surface area contributed by atoms with E-state index in [0.29, 0.717) is 0 Å². The average Bonchev–Trinajstić information content (AvgIpc) is 2.34. The van der Waals surface area contributed by atoms with E-state index in [1.54, 1.807) is 5.57 Å². The van der Waals surface area contributed by atoms with Gasteiger partial charge in [-0.1, -0.05) is 37.1 Å². The van der Waals surface area contributed by atoms with Crippen LogP contribution in [0.4, 0.5) is 0 Å². The summed E-state index contributed by atoms with van der Waals surface area (Å²) in [6.07, 6.45) is 11.8. The molecule has 0 nitrogen and oxygen atoms in total. The van der Waals surface area contributed by atoms with Crippen LogP contribution in [0.3, 0.4) is 0 Å². The van der Waals surface area contributed by atoms with Gasteiger partial charge in [0.2, 0.25) is 0 Å². The van der Waals surface area contributed by atoms with Crippen LogP contribution in [0, 0.1) is 0 Å². The van der Waals surface area contributed by atoms with Crippen LogP contribution in [0.1, 0.15) is 32.6 Å². The molecule has 0 radical (unpaired) electrons. The van der Waals surface area contributed by atoms with E-state index in [1.807, 2.05) is 0 Å². The zero-order valence-electron chi connectivity index (χ0n) is 6.06. The fraction of sp³-hybridized carbons (Fsp3) is 0.556. The van der Waals surface area contributed by atoms with Crippen molar-refractivity contribution >= 4 is 18.9 Å². The summed E-state index contributed by atoms with van der Waals surface area (Å²) in [5.74, 6) is 0. The molecule has 1 aliphatic rings. The van der Waals surface area contributed by atoms with Gasteiger partial charge in [0.25, 0.3) is 0 Å². The standard InChI is InChI=1S/C9H14.Li.H/c1-2-3-6-9-7-4-5-8-9;;/h4-5,7H,2-3,6,8H2,1H3;;. The van der Waals surface area contributed by atoms with Crippen molar-refractivity contribution in [1.82, 2.24) is 0 Å². The summed E-state index contributed by atoms with van der Waals surface area (Å²) in [6, 6.07) is 0. The molecule has 0 heterocycles. The Morgan fingerprint density at radius 3 is 2.80 bits per heavy atom. The van der Waals surface area contributed by atoms with Crippen LogP contribution in [0.25, 0.3) is 0 Å². The quantitative estimate of drug-likeness (QED) is 0.514. The topological polar surface area (TPSA) is 0 Å². The van der Waals surface area contributed by atoms with Crippen LogP contribution >= 0.6 is 0 Å². The number of hydrogen-bond donors (Lipinski definition) is 0. The molecule has 0 aliphatic heterocycles. The Morgan fingerprint density at radius 2 is 2.30 bits per heavy atom. The molecule has 10 heavy (non-hydrogen) atoms. The Balaban J connectivity index is 0.000000810. The van der Waals surface area contributed by atoms with Gasteiger partial charge in [-0.2, -0.15) is 0 Å². The molecule has 0 unspecified atom stereocenters. The first-order valence-electron chi connectivity index (χ1n) is 3.78. The zero-order chi connectivity index (χ0) is 6.53. The molecular weight excluding hydrogens is 115 g/mol. The predicted molar refractivity (Wildman–Crippen MR) is 48.5 cm³/mol. The van der Waals surface area contributed by atoms with Gasteiger partial charge in [-0.05, 0) is 19.3 Å². The van der Waals surface area contributed by atoms with Gasteiger partial charge in [-0.25, -0.2) is 0 Å². The molecule has 0 bridgehead atoms. The summed E-state index contributed by atoms with van der Waals surface area (Å²) in [5.41, 5.74) is 1.61. The Bertz CT molecular complexity index is 134. The monoisotopic (exact) mass is 130 g/mol. The Kier molecular flexibility index (Phi) is 5.88. The number of allylic oxidation sites excluding steroid dienone is 4. The van der Waals surface area contributed by atoms with Crippen LogP contribution in [-0.2, 0) is 0 Å². The summed E-state index contributed by atoms with van der Waals surface area (Å²) < 4.78 is 0. The second kappa shape index (κ2) is 5.83. The molecule has 1 heteroatoms. The van der Waals surface area contributed by atoms with Crippen molar-refractivity contribution in [3.8, 4) is 0 Å².